The van der Waals surface area contributed by atoms with Gasteiger partial charge in [-0.1, -0.05) is 12.1 Å². The lowest BCUT2D eigenvalue weighted by Crippen LogP contribution is -2.52. The van der Waals surface area contributed by atoms with Crippen molar-refractivity contribution in [1.29, 1.82) is 0 Å². The van der Waals surface area contributed by atoms with Crippen molar-refractivity contribution in [3.8, 4) is 0 Å². The molecule has 0 bridgehead atoms. The minimum atomic E-state index is -3.75. The maximum absolute atomic E-state index is 12.2. The maximum atomic E-state index is 12.2. The molecule has 1 aromatic carbocycles. The first-order chi connectivity index (χ1) is 7.87. The number of carbonyl (C=O) groups excluding carboxylic acids is 1. The Morgan fingerprint density at radius 1 is 1.18 bits per heavy atom. The Balaban J connectivity index is 2.70. The van der Waals surface area contributed by atoms with E-state index in [1.165, 1.54) is 7.05 Å². The van der Waals surface area contributed by atoms with Gasteiger partial charge in [-0.2, -0.15) is 8.42 Å². The Bertz CT molecular complexity index is 566. The number of carbonyl (C=O) groups is 1. The van der Waals surface area contributed by atoms with E-state index in [1.807, 2.05) is 0 Å². The monoisotopic (exact) mass is 254 g/mol. The highest BCUT2D eigenvalue weighted by molar-refractivity contribution is 7.91. The molecule has 0 aromatic heterocycles. The van der Waals surface area contributed by atoms with Gasteiger partial charge in [-0.15, -0.1) is 0 Å². The molecule has 1 heterocycles. The van der Waals surface area contributed by atoms with Gasteiger partial charge in [0.05, 0.1) is 11.3 Å². The van der Waals surface area contributed by atoms with E-state index in [2.05, 4.69) is 0 Å². The number of benzene rings is 1. The molecule has 1 aromatic rings. The Morgan fingerprint density at radius 2 is 1.76 bits per heavy atom. The average Bonchev–Trinajstić information content (AvgIpc) is 2.25. The second-order valence-electron chi connectivity index (χ2n) is 4.19. The number of hydrogen-bond donors (Lipinski definition) is 0. The summed E-state index contributed by atoms with van der Waals surface area (Å²) < 4.78 is 26.4. The lowest BCUT2D eigenvalue weighted by atomic mass is 10.1. The summed E-state index contributed by atoms with van der Waals surface area (Å²) in [6.45, 7) is 3.36. The number of para-hydroxylation sites is 1. The molecular weight excluding hydrogens is 240 g/mol. The van der Waals surface area contributed by atoms with Crippen LogP contribution in [0.4, 0.5) is 5.69 Å². The van der Waals surface area contributed by atoms with Crippen LogP contribution in [0.1, 0.15) is 24.2 Å². The number of rotatable bonds is 1. The standard InChI is InChI=1S/C11H14N2O3S/c1-8(2)13-11(14)9-6-4-5-7-10(9)12(3)17(13,15)16/h4-8H,1-3H3. The largest absolute Gasteiger partial charge is 0.328 e. The molecule has 17 heavy (non-hydrogen) atoms. The van der Waals surface area contributed by atoms with Crippen molar-refractivity contribution in [2.45, 2.75) is 19.9 Å². The molecular formula is C11H14N2O3S. The molecule has 0 fully saturated rings. The van der Waals surface area contributed by atoms with Gasteiger partial charge in [0.25, 0.3) is 5.91 Å². The maximum Gasteiger partial charge on any atom is 0.328 e. The van der Waals surface area contributed by atoms with Crippen LogP contribution in [0.15, 0.2) is 24.3 Å². The molecule has 5 nitrogen and oxygen atoms in total. The second kappa shape index (κ2) is 3.73. The van der Waals surface area contributed by atoms with Crippen molar-refractivity contribution in [2.24, 2.45) is 0 Å². The molecule has 0 radical (unpaired) electrons. The molecule has 0 atom stereocenters. The number of amides is 1. The summed E-state index contributed by atoms with van der Waals surface area (Å²) in [5.74, 6) is -0.464. The van der Waals surface area contributed by atoms with Gasteiger partial charge >= 0.3 is 10.2 Å². The second-order valence-corrected chi connectivity index (χ2v) is 6.02. The van der Waals surface area contributed by atoms with Crippen molar-refractivity contribution in [1.82, 2.24) is 4.31 Å². The molecule has 0 N–H and O–H groups in total. The SMILES string of the molecule is CC(C)N1C(=O)c2ccccc2N(C)S1(=O)=O. The normalized spacial score (nSPS) is 18.5. The molecule has 0 unspecified atom stereocenters. The summed E-state index contributed by atoms with van der Waals surface area (Å²) in [5, 5.41) is 0. The fourth-order valence-electron chi connectivity index (χ4n) is 1.91. The van der Waals surface area contributed by atoms with Gasteiger partial charge in [0.15, 0.2) is 0 Å². The van der Waals surface area contributed by atoms with Crippen molar-refractivity contribution in [3.05, 3.63) is 29.8 Å². The molecule has 2 rings (SSSR count). The van der Waals surface area contributed by atoms with E-state index in [0.29, 0.717) is 11.3 Å². The van der Waals surface area contributed by atoms with Crippen LogP contribution < -0.4 is 4.31 Å². The van der Waals surface area contributed by atoms with Crippen LogP contribution in [-0.4, -0.2) is 31.7 Å². The van der Waals surface area contributed by atoms with Gasteiger partial charge in [0.1, 0.15) is 0 Å². The van der Waals surface area contributed by atoms with Crippen molar-refractivity contribution >= 4 is 21.8 Å². The van der Waals surface area contributed by atoms with Crippen LogP contribution in [0.2, 0.25) is 0 Å². The first kappa shape index (κ1) is 11.9. The third kappa shape index (κ3) is 1.59. The summed E-state index contributed by atoms with van der Waals surface area (Å²) in [6.07, 6.45) is 0. The molecule has 6 heteroatoms. The average molecular weight is 254 g/mol. The predicted molar refractivity (Wildman–Crippen MR) is 65.1 cm³/mol. The molecule has 0 spiro atoms. The predicted octanol–water partition coefficient (Wildman–Crippen LogP) is 1.23. The smallest absolute Gasteiger partial charge is 0.268 e. The Morgan fingerprint density at radius 3 is 2.35 bits per heavy atom. The molecule has 1 amide bonds. The van der Waals surface area contributed by atoms with E-state index in [1.54, 1.807) is 38.1 Å². The summed E-state index contributed by atoms with van der Waals surface area (Å²) in [6, 6.07) is 6.30. The molecule has 0 saturated heterocycles. The van der Waals surface area contributed by atoms with Crippen LogP contribution in [0, 0.1) is 0 Å². The van der Waals surface area contributed by atoms with E-state index < -0.39 is 22.2 Å². The topological polar surface area (TPSA) is 57.7 Å². The first-order valence-corrected chi connectivity index (χ1v) is 6.68. The van der Waals surface area contributed by atoms with Gasteiger partial charge < -0.3 is 0 Å². The van der Waals surface area contributed by atoms with E-state index in [4.69, 9.17) is 0 Å². The number of nitrogens with zero attached hydrogens (tertiary/aromatic N) is 2. The Kier molecular flexibility index (Phi) is 2.61. The number of fused-ring (bicyclic) bond motifs is 1. The summed E-state index contributed by atoms with van der Waals surface area (Å²) in [5.41, 5.74) is 0.841. The van der Waals surface area contributed by atoms with Gasteiger partial charge in [0.2, 0.25) is 0 Å². The summed E-state index contributed by atoms with van der Waals surface area (Å²) in [7, 11) is -2.29. The van der Waals surface area contributed by atoms with E-state index in [-0.39, 0.29) is 0 Å². The molecule has 0 aliphatic carbocycles. The number of anilines is 1. The number of hydrogen-bond acceptors (Lipinski definition) is 3. The van der Waals surface area contributed by atoms with Crippen LogP contribution >= 0.6 is 0 Å². The fraction of sp³-hybridized carbons (Fsp3) is 0.364. The molecule has 1 aliphatic heterocycles. The zero-order valence-electron chi connectivity index (χ0n) is 9.91. The molecule has 0 saturated carbocycles. The van der Waals surface area contributed by atoms with Crippen LogP contribution in [0.25, 0.3) is 0 Å². The molecule has 1 aliphatic rings. The zero-order chi connectivity index (χ0) is 12.8. The van der Waals surface area contributed by atoms with Gasteiger partial charge in [-0.25, -0.2) is 4.31 Å². The van der Waals surface area contributed by atoms with E-state index >= 15 is 0 Å². The Hall–Kier alpha value is -1.56. The quantitative estimate of drug-likeness (QED) is 0.757. The minimum absolute atomic E-state index is 0.400. The van der Waals surface area contributed by atoms with Gasteiger partial charge in [0, 0.05) is 13.1 Å². The van der Waals surface area contributed by atoms with Crippen molar-refractivity contribution in [3.63, 3.8) is 0 Å². The van der Waals surface area contributed by atoms with Crippen molar-refractivity contribution in [2.75, 3.05) is 11.4 Å². The Labute approximate surface area is 101 Å². The van der Waals surface area contributed by atoms with Crippen LogP contribution in [0.3, 0.4) is 0 Å². The van der Waals surface area contributed by atoms with Crippen LogP contribution in [0.5, 0.6) is 0 Å². The lowest BCUT2D eigenvalue weighted by Gasteiger charge is -2.36. The van der Waals surface area contributed by atoms with Crippen molar-refractivity contribution < 1.29 is 13.2 Å². The van der Waals surface area contributed by atoms with E-state index in [9.17, 15) is 13.2 Å². The lowest BCUT2D eigenvalue weighted by molar-refractivity contribution is 0.0832. The van der Waals surface area contributed by atoms with Crippen LogP contribution in [-0.2, 0) is 10.2 Å². The highest BCUT2D eigenvalue weighted by Crippen LogP contribution is 2.31. The first-order valence-electron chi connectivity index (χ1n) is 5.29. The minimum Gasteiger partial charge on any atom is -0.268 e. The molecule has 92 valence electrons. The third-order valence-electron chi connectivity index (χ3n) is 2.74. The summed E-state index contributed by atoms with van der Waals surface area (Å²) >= 11 is 0. The fourth-order valence-corrected chi connectivity index (χ4v) is 3.42. The zero-order valence-corrected chi connectivity index (χ0v) is 10.7. The van der Waals surface area contributed by atoms with Gasteiger partial charge in [-0.3, -0.25) is 9.10 Å². The van der Waals surface area contributed by atoms with E-state index in [0.717, 1.165) is 8.61 Å². The highest BCUT2D eigenvalue weighted by Gasteiger charge is 2.40. The highest BCUT2D eigenvalue weighted by atomic mass is 32.2. The summed E-state index contributed by atoms with van der Waals surface area (Å²) in [4.78, 5) is 12.1. The van der Waals surface area contributed by atoms with Gasteiger partial charge in [-0.05, 0) is 26.0 Å². The third-order valence-corrected chi connectivity index (χ3v) is 4.71.